The number of aryl methyl sites for hydroxylation is 1. The van der Waals surface area contributed by atoms with Crippen molar-refractivity contribution in [2.24, 2.45) is 0 Å². The zero-order valence-corrected chi connectivity index (χ0v) is 13.1. The number of nitrogens with zero attached hydrogens (tertiary/aromatic N) is 2. The van der Waals surface area contributed by atoms with Crippen molar-refractivity contribution in [3.8, 4) is 0 Å². The van der Waals surface area contributed by atoms with E-state index in [0.717, 1.165) is 25.1 Å². The Kier molecular flexibility index (Phi) is 5.12. The lowest BCUT2D eigenvalue weighted by molar-refractivity contribution is -0.130. The lowest BCUT2D eigenvalue weighted by atomic mass is 10.0. The Balaban J connectivity index is 1.97. The van der Waals surface area contributed by atoms with Gasteiger partial charge in [0.15, 0.2) is 5.78 Å². The average molecular weight is 288 g/mol. The maximum absolute atomic E-state index is 12.5. The highest BCUT2D eigenvalue weighted by Gasteiger charge is 2.26. The SMILES string of the molecule is CCc1ccc(C(=O)C(C)N2CCN(C(C)=O)CC2)cc1. The Morgan fingerprint density at radius 2 is 1.67 bits per heavy atom. The second kappa shape index (κ2) is 6.85. The summed E-state index contributed by atoms with van der Waals surface area (Å²) in [6.07, 6.45) is 0.983. The fourth-order valence-electron chi connectivity index (χ4n) is 2.74. The van der Waals surface area contributed by atoms with Gasteiger partial charge in [0.2, 0.25) is 5.91 Å². The highest BCUT2D eigenvalue weighted by Crippen LogP contribution is 2.13. The third-order valence-corrected chi connectivity index (χ3v) is 4.33. The van der Waals surface area contributed by atoms with Gasteiger partial charge in [-0.05, 0) is 18.9 Å². The van der Waals surface area contributed by atoms with E-state index >= 15 is 0 Å². The van der Waals surface area contributed by atoms with Gasteiger partial charge in [-0.3, -0.25) is 14.5 Å². The molecule has 1 aliphatic rings. The van der Waals surface area contributed by atoms with Crippen LogP contribution in [0.25, 0.3) is 0 Å². The Morgan fingerprint density at radius 1 is 1.10 bits per heavy atom. The highest BCUT2D eigenvalue weighted by atomic mass is 16.2. The molecule has 1 atom stereocenters. The van der Waals surface area contributed by atoms with E-state index in [-0.39, 0.29) is 17.7 Å². The van der Waals surface area contributed by atoms with Crippen molar-refractivity contribution in [1.29, 1.82) is 0 Å². The summed E-state index contributed by atoms with van der Waals surface area (Å²) >= 11 is 0. The number of rotatable bonds is 4. The summed E-state index contributed by atoms with van der Waals surface area (Å²) < 4.78 is 0. The summed E-state index contributed by atoms with van der Waals surface area (Å²) in [5.74, 6) is 0.276. The van der Waals surface area contributed by atoms with Gasteiger partial charge in [0.25, 0.3) is 0 Å². The molecule has 0 radical (unpaired) electrons. The molecule has 0 aromatic heterocycles. The molecule has 1 fully saturated rings. The first-order valence-corrected chi connectivity index (χ1v) is 7.65. The predicted octanol–water partition coefficient (Wildman–Crippen LogP) is 1.98. The second-order valence-electron chi connectivity index (χ2n) is 5.63. The van der Waals surface area contributed by atoms with E-state index in [1.54, 1.807) is 6.92 Å². The van der Waals surface area contributed by atoms with Crippen LogP contribution in [0.5, 0.6) is 0 Å². The summed E-state index contributed by atoms with van der Waals surface area (Å²) in [6, 6.07) is 7.75. The second-order valence-corrected chi connectivity index (χ2v) is 5.63. The molecule has 0 N–H and O–H groups in total. The van der Waals surface area contributed by atoms with Crippen LogP contribution < -0.4 is 0 Å². The van der Waals surface area contributed by atoms with E-state index in [0.29, 0.717) is 13.1 Å². The van der Waals surface area contributed by atoms with Crippen LogP contribution in [0.4, 0.5) is 0 Å². The third kappa shape index (κ3) is 3.70. The van der Waals surface area contributed by atoms with Crippen molar-refractivity contribution in [2.75, 3.05) is 26.2 Å². The van der Waals surface area contributed by atoms with Crippen molar-refractivity contribution in [3.63, 3.8) is 0 Å². The van der Waals surface area contributed by atoms with Gasteiger partial charge >= 0.3 is 0 Å². The number of carbonyl (C=O) groups is 2. The van der Waals surface area contributed by atoms with E-state index in [2.05, 4.69) is 11.8 Å². The number of piperazine rings is 1. The molecule has 1 amide bonds. The first-order valence-electron chi connectivity index (χ1n) is 7.65. The smallest absolute Gasteiger partial charge is 0.219 e. The van der Waals surface area contributed by atoms with E-state index in [4.69, 9.17) is 0 Å². The summed E-state index contributed by atoms with van der Waals surface area (Å²) in [5, 5.41) is 0. The summed E-state index contributed by atoms with van der Waals surface area (Å²) in [4.78, 5) is 27.9. The van der Waals surface area contributed by atoms with Crippen molar-refractivity contribution in [3.05, 3.63) is 35.4 Å². The Morgan fingerprint density at radius 3 is 2.14 bits per heavy atom. The highest BCUT2D eigenvalue weighted by molar-refractivity contribution is 5.99. The first-order chi connectivity index (χ1) is 10.0. The summed E-state index contributed by atoms with van der Waals surface area (Å²) in [7, 11) is 0. The van der Waals surface area contributed by atoms with Crippen LogP contribution in [0, 0.1) is 0 Å². The van der Waals surface area contributed by atoms with E-state index in [9.17, 15) is 9.59 Å². The monoisotopic (exact) mass is 288 g/mol. The average Bonchev–Trinajstić information content (AvgIpc) is 2.53. The topological polar surface area (TPSA) is 40.6 Å². The third-order valence-electron chi connectivity index (χ3n) is 4.33. The van der Waals surface area contributed by atoms with Gasteiger partial charge < -0.3 is 4.90 Å². The molecule has 0 bridgehead atoms. The minimum atomic E-state index is -0.133. The van der Waals surface area contributed by atoms with Gasteiger partial charge in [-0.25, -0.2) is 0 Å². The van der Waals surface area contributed by atoms with Crippen LogP contribution in [0.1, 0.15) is 36.7 Å². The van der Waals surface area contributed by atoms with Crippen LogP contribution in [-0.2, 0) is 11.2 Å². The van der Waals surface area contributed by atoms with E-state index in [1.165, 1.54) is 5.56 Å². The molecule has 4 heteroatoms. The van der Waals surface area contributed by atoms with Gasteiger partial charge in [-0.1, -0.05) is 31.2 Å². The van der Waals surface area contributed by atoms with Crippen LogP contribution >= 0.6 is 0 Å². The van der Waals surface area contributed by atoms with E-state index < -0.39 is 0 Å². The number of benzene rings is 1. The Hall–Kier alpha value is -1.68. The number of ketones is 1. The molecule has 114 valence electrons. The maximum Gasteiger partial charge on any atom is 0.219 e. The fourth-order valence-corrected chi connectivity index (χ4v) is 2.74. The van der Waals surface area contributed by atoms with Crippen LogP contribution in [0.15, 0.2) is 24.3 Å². The lowest BCUT2D eigenvalue weighted by Crippen LogP contribution is -2.52. The number of amides is 1. The first kappa shape index (κ1) is 15.7. The predicted molar refractivity (Wildman–Crippen MR) is 83.4 cm³/mol. The lowest BCUT2D eigenvalue weighted by Gasteiger charge is -2.37. The molecule has 1 aromatic rings. The molecule has 1 heterocycles. The largest absolute Gasteiger partial charge is 0.340 e. The van der Waals surface area contributed by atoms with Crippen LogP contribution in [0.2, 0.25) is 0 Å². The van der Waals surface area contributed by atoms with Crippen LogP contribution in [-0.4, -0.2) is 53.7 Å². The quantitative estimate of drug-likeness (QED) is 0.796. The molecule has 4 nitrogen and oxygen atoms in total. The van der Waals surface area contributed by atoms with Crippen molar-refractivity contribution >= 4 is 11.7 Å². The molecule has 1 saturated heterocycles. The molecular weight excluding hydrogens is 264 g/mol. The molecule has 1 aromatic carbocycles. The molecule has 21 heavy (non-hydrogen) atoms. The maximum atomic E-state index is 12.5. The number of hydrogen-bond donors (Lipinski definition) is 0. The summed E-state index contributed by atoms with van der Waals surface area (Å²) in [5.41, 5.74) is 2.02. The molecule has 1 aliphatic heterocycles. The fraction of sp³-hybridized carbons (Fsp3) is 0.529. The number of carbonyl (C=O) groups excluding carboxylic acids is 2. The molecular formula is C17H24N2O2. The number of Topliss-reactive ketones (excluding diaryl/α,β-unsaturated/α-hetero) is 1. The molecule has 0 aliphatic carbocycles. The van der Waals surface area contributed by atoms with Gasteiger partial charge in [-0.15, -0.1) is 0 Å². The van der Waals surface area contributed by atoms with Gasteiger partial charge in [0, 0.05) is 38.7 Å². The zero-order valence-electron chi connectivity index (χ0n) is 13.1. The number of hydrogen-bond acceptors (Lipinski definition) is 3. The Labute approximate surface area is 126 Å². The van der Waals surface area contributed by atoms with Crippen molar-refractivity contribution in [1.82, 2.24) is 9.80 Å². The van der Waals surface area contributed by atoms with Gasteiger partial charge in [0.05, 0.1) is 6.04 Å². The minimum absolute atomic E-state index is 0.115. The van der Waals surface area contributed by atoms with Crippen molar-refractivity contribution in [2.45, 2.75) is 33.2 Å². The standard InChI is InChI=1S/C17H24N2O2/c1-4-15-5-7-16(8-6-15)17(21)13(2)18-9-11-19(12-10-18)14(3)20/h5-8,13H,4,9-12H2,1-3H3. The molecule has 0 spiro atoms. The van der Waals surface area contributed by atoms with Gasteiger partial charge in [0.1, 0.15) is 0 Å². The van der Waals surface area contributed by atoms with Crippen molar-refractivity contribution < 1.29 is 9.59 Å². The Bertz CT molecular complexity index is 502. The van der Waals surface area contributed by atoms with E-state index in [1.807, 2.05) is 36.1 Å². The minimum Gasteiger partial charge on any atom is -0.340 e. The molecule has 2 rings (SSSR count). The molecule has 1 unspecified atom stereocenters. The summed E-state index contributed by atoms with van der Waals surface area (Å²) in [6.45, 7) is 8.61. The normalized spacial score (nSPS) is 17.6. The molecule has 0 saturated carbocycles. The zero-order chi connectivity index (χ0) is 15.4. The van der Waals surface area contributed by atoms with Crippen LogP contribution in [0.3, 0.4) is 0 Å². The van der Waals surface area contributed by atoms with Gasteiger partial charge in [-0.2, -0.15) is 0 Å².